The van der Waals surface area contributed by atoms with Crippen molar-refractivity contribution in [3.8, 4) is 11.3 Å². The minimum atomic E-state index is -0.159. The molecular weight excluding hydrogens is 278 g/mol. The molecule has 0 aliphatic carbocycles. The van der Waals surface area contributed by atoms with Crippen LogP contribution in [0.15, 0.2) is 35.9 Å². The summed E-state index contributed by atoms with van der Waals surface area (Å²) < 4.78 is 2.08. The van der Waals surface area contributed by atoms with E-state index in [1.54, 1.807) is 0 Å². The van der Waals surface area contributed by atoms with Gasteiger partial charge in [-0.25, -0.2) is 9.55 Å². The van der Waals surface area contributed by atoms with E-state index in [0.29, 0.717) is 5.69 Å². The van der Waals surface area contributed by atoms with Crippen molar-refractivity contribution in [3.63, 3.8) is 0 Å². The van der Waals surface area contributed by atoms with Crippen LogP contribution >= 0.6 is 0 Å². The van der Waals surface area contributed by atoms with Crippen LogP contribution in [0.3, 0.4) is 0 Å². The highest BCUT2D eigenvalue weighted by atomic mass is 15.6. The zero-order valence-corrected chi connectivity index (χ0v) is 14.0. The van der Waals surface area contributed by atoms with E-state index in [-0.39, 0.29) is 5.62 Å². The topological polar surface area (TPSA) is 94.7 Å². The van der Waals surface area contributed by atoms with Gasteiger partial charge < -0.3 is 0 Å². The van der Waals surface area contributed by atoms with Gasteiger partial charge in [-0.1, -0.05) is 39.4 Å². The summed E-state index contributed by atoms with van der Waals surface area (Å²) in [5.41, 5.74) is 8.13. The molecule has 7 heteroatoms. The Bertz CT molecular complexity index is 602. The summed E-state index contributed by atoms with van der Waals surface area (Å²) in [5, 5.41) is 14.4. The van der Waals surface area contributed by atoms with Crippen LogP contribution in [0.1, 0.15) is 41.0 Å². The molecule has 0 aromatic carbocycles. The van der Waals surface area contributed by atoms with Gasteiger partial charge in [-0.15, -0.1) is 0 Å². The smallest absolute Gasteiger partial charge is 0.263 e. The molecule has 120 valence electrons. The Morgan fingerprint density at radius 1 is 1.18 bits per heavy atom. The molecular formula is C15H26N7+. The normalized spacial score (nSPS) is 8.95. The van der Waals surface area contributed by atoms with Gasteiger partial charge in [-0.2, -0.15) is 10.6 Å². The van der Waals surface area contributed by atoms with Crippen LogP contribution in [-0.4, -0.2) is 14.9 Å². The molecule has 0 aliphatic rings. The fraction of sp³-hybridized carbons (Fsp3) is 0.467. The molecule has 0 saturated carbocycles. The quantitative estimate of drug-likeness (QED) is 0.671. The van der Waals surface area contributed by atoms with Gasteiger partial charge in [0.25, 0.3) is 5.62 Å². The second-order valence-electron chi connectivity index (χ2n) is 3.78. The van der Waals surface area contributed by atoms with Gasteiger partial charge in [0.1, 0.15) is 6.54 Å². The molecule has 0 radical (unpaired) electrons. The van der Waals surface area contributed by atoms with Crippen molar-refractivity contribution in [1.29, 1.82) is 10.9 Å². The van der Waals surface area contributed by atoms with Crippen molar-refractivity contribution in [1.82, 2.24) is 14.9 Å². The molecule has 2 N–H and O–H groups in total. The molecule has 22 heavy (non-hydrogen) atoms. The van der Waals surface area contributed by atoms with Crippen molar-refractivity contribution in [3.05, 3.63) is 36.3 Å². The SMILES string of the molecule is CC.CC.CCC[n+]1ccc(-c2cnn(N=N)c(=N)n2)cc1. The average molecular weight is 304 g/mol. The molecule has 0 fully saturated rings. The second-order valence-corrected chi connectivity index (χ2v) is 3.78. The van der Waals surface area contributed by atoms with Gasteiger partial charge >= 0.3 is 0 Å². The molecule has 0 spiro atoms. The van der Waals surface area contributed by atoms with Crippen molar-refractivity contribution in [2.24, 2.45) is 5.22 Å². The maximum Gasteiger partial charge on any atom is 0.263 e. The van der Waals surface area contributed by atoms with E-state index in [2.05, 4.69) is 26.8 Å². The third-order valence-electron chi connectivity index (χ3n) is 2.47. The van der Waals surface area contributed by atoms with Crippen LogP contribution < -0.4 is 10.2 Å². The Hall–Kier alpha value is -2.44. The van der Waals surface area contributed by atoms with Crippen LogP contribution in [-0.2, 0) is 6.54 Å². The summed E-state index contributed by atoms with van der Waals surface area (Å²) in [5.74, 6) is 0. The van der Waals surface area contributed by atoms with Crippen LogP contribution in [0, 0.1) is 10.9 Å². The van der Waals surface area contributed by atoms with E-state index < -0.39 is 0 Å². The number of pyridine rings is 1. The minimum absolute atomic E-state index is 0.159. The van der Waals surface area contributed by atoms with Crippen molar-refractivity contribution < 1.29 is 4.57 Å². The Balaban J connectivity index is 0.00000102. The first-order valence-corrected chi connectivity index (χ1v) is 7.63. The fourth-order valence-corrected chi connectivity index (χ4v) is 1.60. The lowest BCUT2D eigenvalue weighted by atomic mass is 10.2. The van der Waals surface area contributed by atoms with Crippen molar-refractivity contribution >= 4 is 0 Å². The van der Waals surface area contributed by atoms with Crippen LogP contribution in [0.4, 0.5) is 0 Å². The number of nitrogens with one attached hydrogen (secondary N) is 2. The summed E-state index contributed by atoms with van der Waals surface area (Å²) in [7, 11) is 0. The molecule has 0 saturated heterocycles. The molecule has 2 aromatic rings. The highest BCUT2D eigenvalue weighted by Gasteiger charge is 2.05. The van der Waals surface area contributed by atoms with Gasteiger partial charge in [-0.3, -0.25) is 5.41 Å². The number of aromatic nitrogens is 4. The summed E-state index contributed by atoms with van der Waals surface area (Å²) in [6.45, 7) is 11.1. The maximum absolute atomic E-state index is 7.54. The zero-order valence-electron chi connectivity index (χ0n) is 14.0. The van der Waals surface area contributed by atoms with Crippen LogP contribution in [0.25, 0.3) is 11.3 Å². The molecule has 0 aliphatic heterocycles. The molecule has 0 unspecified atom stereocenters. The van der Waals surface area contributed by atoms with Crippen LogP contribution in [0.5, 0.6) is 0 Å². The molecule has 0 atom stereocenters. The van der Waals surface area contributed by atoms with E-state index >= 15 is 0 Å². The highest BCUT2D eigenvalue weighted by molar-refractivity contribution is 5.55. The van der Waals surface area contributed by atoms with E-state index in [1.165, 1.54) is 6.20 Å². The summed E-state index contributed by atoms with van der Waals surface area (Å²) in [4.78, 5) is 4.88. The van der Waals surface area contributed by atoms with E-state index in [0.717, 1.165) is 23.3 Å². The summed E-state index contributed by atoms with van der Waals surface area (Å²) in [6.07, 6.45) is 6.52. The average Bonchev–Trinajstić information content (AvgIpc) is 2.59. The number of nitrogens with zero attached hydrogens (tertiary/aromatic N) is 5. The fourth-order valence-electron chi connectivity index (χ4n) is 1.60. The number of aryl methyl sites for hydroxylation is 1. The molecule has 2 heterocycles. The number of rotatable bonds is 4. The lowest BCUT2D eigenvalue weighted by Gasteiger charge is -2.00. The van der Waals surface area contributed by atoms with Gasteiger partial charge in [0.05, 0.1) is 11.9 Å². The lowest BCUT2D eigenvalue weighted by molar-refractivity contribution is -0.696. The van der Waals surface area contributed by atoms with Gasteiger partial charge in [0, 0.05) is 24.1 Å². The standard InChI is InChI=1S/C11H14N7.2C2H6/c1-2-5-17-6-3-9(4-7-17)10-8-14-18(16-13)11(12)15-10;2*1-2/h3-4,6-8,12-13H,2,5H2,1H3;2*1-2H3/q+1;;. The monoisotopic (exact) mass is 304 g/mol. The maximum atomic E-state index is 7.54. The Kier molecular flexibility index (Phi) is 10.00. The van der Waals surface area contributed by atoms with Gasteiger partial charge in [0.15, 0.2) is 12.4 Å². The van der Waals surface area contributed by atoms with Gasteiger partial charge in [0.2, 0.25) is 0 Å². The molecule has 0 bridgehead atoms. The van der Waals surface area contributed by atoms with Gasteiger partial charge in [-0.05, 0) is 5.22 Å². The number of hydrogen-bond acceptors (Lipinski definition) is 5. The second kappa shape index (κ2) is 11.2. The van der Waals surface area contributed by atoms with Crippen molar-refractivity contribution in [2.75, 3.05) is 0 Å². The third kappa shape index (κ3) is 5.51. The molecule has 0 amide bonds. The molecule has 2 rings (SSSR count). The Morgan fingerprint density at radius 2 is 1.77 bits per heavy atom. The highest BCUT2D eigenvalue weighted by Crippen LogP contribution is 2.11. The molecule has 2 aromatic heterocycles. The number of hydrogen-bond donors (Lipinski definition) is 2. The first-order valence-electron chi connectivity index (χ1n) is 7.63. The predicted octanol–water partition coefficient (Wildman–Crippen LogP) is 2.97. The minimum Gasteiger partial charge on any atom is -0.264 e. The summed E-state index contributed by atoms with van der Waals surface area (Å²) >= 11 is 0. The lowest BCUT2D eigenvalue weighted by Crippen LogP contribution is -2.32. The Labute approximate surface area is 131 Å². The third-order valence-corrected chi connectivity index (χ3v) is 2.47. The van der Waals surface area contributed by atoms with E-state index in [4.69, 9.17) is 10.9 Å². The van der Waals surface area contributed by atoms with E-state index in [9.17, 15) is 0 Å². The molecule has 7 nitrogen and oxygen atoms in total. The summed E-state index contributed by atoms with van der Waals surface area (Å²) in [6, 6.07) is 3.86. The van der Waals surface area contributed by atoms with E-state index in [1.807, 2.05) is 52.2 Å². The van der Waals surface area contributed by atoms with Crippen LogP contribution in [0.2, 0.25) is 0 Å². The first-order chi connectivity index (χ1) is 10.7. The zero-order chi connectivity index (χ0) is 17.0. The van der Waals surface area contributed by atoms with Crippen molar-refractivity contribution in [2.45, 2.75) is 47.6 Å². The predicted molar refractivity (Wildman–Crippen MR) is 85.0 cm³/mol. The Morgan fingerprint density at radius 3 is 2.23 bits per heavy atom. The largest absolute Gasteiger partial charge is 0.264 e. The first kappa shape index (κ1) is 19.6.